The highest BCUT2D eigenvalue weighted by Crippen LogP contribution is 2.27. The minimum Gasteiger partial charge on any atom is -0.497 e. The molecule has 3 nitrogen and oxygen atoms in total. The van der Waals surface area contributed by atoms with Gasteiger partial charge in [0.05, 0.1) is 40.6 Å². The molecule has 0 saturated carbocycles. The van der Waals surface area contributed by atoms with Crippen LogP contribution in [0.4, 0.5) is 0 Å². The van der Waals surface area contributed by atoms with Gasteiger partial charge in [-0.15, -0.1) is 6.58 Å². The molecule has 0 N–H and O–H groups in total. The molecule has 1 saturated heterocycles. The summed E-state index contributed by atoms with van der Waals surface area (Å²) < 4.78 is 17.1. The monoisotopic (exact) mass is 346 g/mol. The summed E-state index contributed by atoms with van der Waals surface area (Å²) in [6.45, 7) is 12.2. The lowest BCUT2D eigenvalue weighted by molar-refractivity contribution is -0.0577. The number of benzene rings is 1. The second kappa shape index (κ2) is 8.65. The highest BCUT2D eigenvalue weighted by molar-refractivity contribution is 6.81. The summed E-state index contributed by atoms with van der Waals surface area (Å²) in [7, 11) is 0.460. The van der Waals surface area contributed by atoms with E-state index < -0.39 is 8.07 Å². The molecule has 0 bridgehead atoms. The van der Waals surface area contributed by atoms with E-state index in [0.29, 0.717) is 13.2 Å². The molecule has 1 aromatic carbocycles. The molecule has 4 heteroatoms. The van der Waals surface area contributed by atoms with Crippen LogP contribution in [0.25, 0.3) is 0 Å². The Labute approximate surface area is 147 Å². The number of methoxy groups -OCH3 is 1. The van der Waals surface area contributed by atoms with Crippen molar-refractivity contribution in [2.24, 2.45) is 0 Å². The first kappa shape index (κ1) is 19.0. The minimum atomic E-state index is -1.21. The Morgan fingerprint density at radius 3 is 2.50 bits per heavy atom. The van der Waals surface area contributed by atoms with Crippen molar-refractivity contribution < 1.29 is 14.2 Å². The van der Waals surface area contributed by atoms with Gasteiger partial charge in [0.1, 0.15) is 5.75 Å². The van der Waals surface area contributed by atoms with E-state index in [0.717, 1.165) is 24.2 Å². The van der Waals surface area contributed by atoms with Gasteiger partial charge in [-0.1, -0.05) is 49.1 Å². The maximum absolute atomic E-state index is 6.07. The van der Waals surface area contributed by atoms with Gasteiger partial charge < -0.3 is 14.2 Å². The molecular formula is C20H30O3Si. The minimum absolute atomic E-state index is 0.107. The summed E-state index contributed by atoms with van der Waals surface area (Å²) in [6.07, 6.45) is 4.08. The van der Waals surface area contributed by atoms with E-state index in [1.165, 1.54) is 5.57 Å². The zero-order valence-electron chi connectivity index (χ0n) is 15.4. The van der Waals surface area contributed by atoms with Crippen molar-refractivity contribution in [1.82, 2.24) is 0 Å². The molecule has 1 aromatic rings. The van der Waals surface area contributed by atoms with Crippen LogP contribution in [0.3, 0.4) is 0 Å². The average Bonchev–Trinajstić information content (AvgIpc) is 2.53. The van der Waals surface area contributed by atoms with Gasteiger partial charge in [-0.3, -0.25) is 0 Å². The quantitative estimate of drug-likeness (QED) is 0.527. The molecule has 1 aliphatic rings. The molecule has 0 amide bonds. The molecule has 132 valence electrons. The van der Waals surface area contributed by atoms with E-state index in [2.05, 4.69) is 31.9 Å². The Morgan fingerprint density at radius 2 is 1.92 bits per heavy atom. The normalized spacial score (nSPS) is 23.2. The first-order valence-corrected chi connectivity index (χ1v) is 12.2. The second-order valence-electron chi connectivity index (χ2n) is 7.47. The summed E-state index contributed by atoms with van der Waals surface area (Å²) >= 11 is 0. The molecule has 0 spiro atoms. The smallest absolute Gasteiger partial charge is 0.118 e. The van der Waals surface area contributed by atoms with E-state index >= 15 is 0 Å². The molecule has 0 unspecified atom stereocenters. The molecule has 1 fully saturated rings. The number of hydrogen-bond donors (Lipinski definition) is 0. The van der Waals surface area contributed by atoms with Gasteiger partial charge in [-0.25, -0.2) is 0 Å². The van der Waals surface area contributed by atoms with Gasteiger partial charge >= 0.3 is 0 Å². The molecule has 1 heterocycles. The predicted molar refractivity (Wildman–Crippen MR) is 102 cm³/mol. The standard InChI is InChI=1S/C20H30O3Si/c1-6-18-11-17(15-24(3,4)5)12-20(23-18)14-22-13-16-7-9-19(21-2)10-8-16/h6-10,15,18,20H,1,11-14H2,2-5H3/b17-15-/t18-,20-/m1/s1. The van der Waals surface area contributed by atoms with Crippen molar-refractivity contribution in [3.8, 4) is 5.75 Å². The third-order valence-corrected chi connectivity index (χ3v) is 5.23. The van der Waals surface area contributed by atoms with Gasteiger partial charge in [0.2, 0.25) is 0 Å². The SMILES string of the molecule is C=C[C@@H]1C/C(=C/[Si](C)(C)C)C[C@H](COCc2ccc(OC)cc2)O1. The zero-order chi connectivity index (χ0) is 17.6. The Bertz CT molecular complexity index is 557. The fourth-order valence-electron chi connectivity index (χ4n) is 2.97. The molecule has 2 atom stereocenters. The van der Waals surface area contributed by atoms with Crippen molar-refractivity contribution in [2.75, 3.05) is 13.7 Å². The summed E-state index contributed by atoms with van der Waals surface area (Å²) in [5.41, 5.74) is 5.15. The summed E-state index contributed by atoms with van der Waals surface area (Å²) in [5, 5.41) is 0. The first-order chi connectivity index (χ1) is 11.4. The van der Waals surface area contributed by atoms with Gasteiger partial charge in [-0.05, 0) is 30.5 Å². The Balaban J connectivity index is 1.88. The second-order valence-corrected chi connectivity index (χ2v) is 12.5. The molecule has 24 heavy (non-hydrogen) atoms. The van der Waals surface area contributed by atoms with Crippen LogP contribution in [0.15, 0.2) is 48.2 Å². The Hall–Kier alpha value is -1.36. The van der Waals surface area contributed by atoms with E-state index in [1.807, 2.05) is 30.3 Å². The molecule has 0 aliphatic carbocycles. The highest BCUT2D eigenvalue weighted by Gasteiger charge is 2.25. The largest absolute Gasteiger partial charge is 0.497 e. The van der Waals surface area contributed by atoms with E-state index in [9.17, 15) is 0 Å². The lowest BCUT2D eigenvalue weighted by Gasteiger charge is -2.31. The summed E-state index contributed by atoms with van der Waals surface area (Å²) in [4.78, 5) is 0. The fourth-order valence-corrected chi connectivity index (χ4v) is 4.44. The van der Waals surface area contributed by atoms with Gasteiger partial charge in [-0.2, -0.15) is 0 Å². The van der Waals surface area contributed by atoms with Gasteiger partial charge in [0, 0.05) is 0 Å². The van der Waals surface area contributed by atoms with Crippen LogP contribution in [0, 0.1) is 0 Å². The molecular weight excluding hydrogens is 316 g/mol. The average molecular weight is 347 g/mol. The van der Waals surface area contributed by atoms with E-state index in [-0.39, 0.29) is 12.2 Å². The van der Waals surface area contributed by atoms with Crippen molar-refractivity contribution in [2.45, 2.75) is 51.3 Å². The third-order valence-electron chi connectivity index (χ3n) is 3.95. The first-order valence-electron chi connectivity index (χ1n) is 8.59. The predicted octanol–water partition coefficient (Wildman–Crippen LogP) is 4.75. The van der Waals surface area contributed by atoms with E-state index in [4.69, 9.17) is 14.2 Å². The van der Waals surface area contributed by atoms with Crippen LogP contribution in [-0.4, -0.2) is 34.0 Å². The topological polar surface area (TPSA) is 27.7 Å². The highest BCUT2D eigenvalue weighted by atomic mass is 28.3. The van der Waals surface area contributed by atoms with Crippen molar-refractivity contribution in [3.63, 3.8) is 0 Å². The maximum atomic E-state index is 6.07. The summed E-state index contributed by atoms with van der Waals surface area (Å²) in [6, 6.07) is 7.98. The molecule has 0 radical (unpaired) electrons. The van der Waals surface area contributed by atoms with Crippen molar-refractivity contribution in [1.29, 1.82) is 0 Å². The van der Waals surface area contributed by atoms with Crippen LogP contribution in [0.2, 0.25) is 19.6 Å². The van der Waals surface area contributed by atoms with Gasteiger partial charge in [0.25, 0.3) is 0 Å². The number of hydrogen-bond acceptors (Lipinski definition) is 3. The lowest BCUT2D eigenvalue weighted by atomic mass is 9.99. The van der Waals surface area contributed by atoms with Crippen molar-refractivity contribution >= 4 is 8.07 Å². The van der Waals surface area contributed by atoms with Crippen molar-refractivity contribution in [3.05, 3.63) is 53.8 Å². The van der Waals surface area contributed by atoms with Crippen LogP contribution in [-0.2, 0) is 16.1 Å². The van der Waals surface area contributed by atoms with E-state index in [1.54, 1.807) is 7.11 Å². The van der Waals surface area contributed by atoms with Crippen LogP contribution in [0.1, 0.15) is 18.4 Å². The Morgan fingerprint density at radius 1 is 1.21 bits per heavy atom. The zero-order valence-corrected chi connectivity index (χ0v) is 16.4. The molecule has 1 aliphatic heterocycles. The van der Waals surface area contributed by atoms with Crippen LogP contribution < -0.4 is 4.74 Å². The van der Waals surface area contributed by atoms with Crippen LogP contribution in [0.5, 0.6) is 5.75 Å². The summed E-state index contributed by atoms with van der Waals surface area (Å²) in [5.74, 6) is 0.865. The number of rotatable bonds is 7. The maximum Gasteiger partial charge on any atom is 0.118 e. The van der Waals surface area contributed by atoms with Gasteiger partial charge in [0.15, 0.2) is 0 Å². The van der Waals surface area contributed by atoms with Crippen LogP contribution >= 0.6 is 0 Å². The molecule has 2 rings (SSSR count). The third kappa shape index (κ3) is 6.27. The lowest BCUT2D eigenvalue weighted by Crippen LogP contribution is -2.32. The number of ether oxygens (including phenoxy) is 3. The Kier molecular flexibility index (Phi) is 6.84. The fraction of sp³-hybridized carbons (Fsp3) is 0.500. The molecule has 0 aromatic heterocycles.